The lowest BCUT2D eigenvalue weighted by Gasteiger charge is -2.49. The van der Waals surface area contributed by atoms with Crippen LogP contribution in [0.25, 0.3) is 0 Å². The molecule has 3 aliphatic rings. The third-order valence-electron chi connectivity index (χ3n) is 8.31. The Labute approximate surface area is 234 Å². The average Bonchev–Trinajstić information content (AvgIpc) is 3.51. The van der Waals surface area contributed by atoms with E-state index in [0.717, 1.165) is 42.7 Å². The van der Waals surface area contributed by atoms with Crippen molar-refractivity contribution in [1.82, 2.24) is 15.1 Å². The Kier molecular flexibility index (Phi) is 8.39. The Morgan fingerprint density at radius 3 is 2.52 bits per heavy atom. The predicted octanol–water partition coefficient (Wildman–Crippen LogP) is 2.26. The molecule has 0 radical (unpaired) electrons. The number of amides is 2. The van der Waals surface area contributed by atoms with Crippen LogP contribution in [0, 0.1) is 16.0 Å². The van der Waals surface area contributed by atoms with E-state index in [1.807, 2.05) is 23.1 Å². The van der Waals surface area contributed by atoms with Crippen molar-refractivity contribution >= 4 is 23.2 Å². The first-order valence-electron chi connectivity index (χ1n) is 13.9. The van der Waals surface area contributed by atoms with Crippen LogP contribution >= 0.6 is 0 Å². The third-order valence-corrected chi connectivity index (χ3v) is 8.31. The second kappa shape index (κ2) is 12.1. The van der Waals surface area contributed by atoms with Crippen LogP contribution in [0.4, 0.5) is 11.4 Å². The maximum Gasteiger partial charge on any atom is 0.269 e. The summed E-state index contributed by atoms with van der Waals surface area (Å²) in [4.78, 5) is 43.8. The lowest BCUT2D eigenvalue weighted by atomic mass is 9.83. The number of carbonyl (C=O) groups is 2. The smallest absolute Gasteiger partial charge is 0.269 e. The van der Waals surface area contributed by atoms with Gasteiger partial charge in [0.15, 0.2) is 11.5 Å². The quantitative estimate of drug-likeness (QED) is 0.373. The topological polar surface area (TPSA) is 117 Å². The molecule has 2 saturated heterocycles. The van der Waals surface area contributed by atoms with E-state index >= 15 is 0 Å². The summed E-state index contributed by atoms with van der Waals surface area (Å²) in [5.74, 6) is 0.951. The molecule has 0 saturated carbocycles. The first-order chi connectivity index (χ1) is 19.4. The first-order valence-corrected chi connectivity index (χ1v) is 13.9. The SMILES string of the molecule is COc1ccc(CCNC(=O)[C@@H]2Cc3cc([N+](=O)[O-])ccc3N3CCN(CC(=O)N4CCCC4)C[C@H]23)cc1OC. The lowest BCUT2D eigenvalue weighted by molar-refractivity contribution is -0.384. The van der Waals surface area contributed by atoms with E-state index in [-0.39, 0.29) is 23.5 Å². The van der Waals surface area contributed by atoms with Crippen molar-refractivity contribution in [2.45, 2.75) is 31.7 Å². The van der Waals surface area contributed by atoms with Crippen molar-refractivity contribution in [1.29, 1.82) is 0 Å². The standard InChI is InChI=1S/C29H37N5O6/c1-39-26-8-5-20(15-27(26)40-2)9-10-30-29(36)23-17-21-16-22(34(37)38)6-7-24(21)33-14-13-31(18-25(23)33)19-28(35)32-11-3-4-12-32/h5-8,15-16,23,25H,3-4,9-14,17-19H2,1-2H3,(H,30,36)/t23-,25-/m1/s1. The summed E-state index contributed by atoms with van der Waals surface area (Å²) in [5.41, 5.74) is 2.79. The van der Waals surface area contributed by atoms with Gasteiger partial charge in [0.25, 0.3) is 5.69 Å². The zero-order valence-electron chi connectivity index (χ0n) is 23.1. The highest BCUT2D eigenvalue weighted by atomic mass is 16.6. The molecule has 2 aromatic carbocycles. The number of hydrogen-bond acceptors (Lipinski definition) is 8. The molecule has 3 heterocycles. The van der Waals surface area contributed by atoms with Crippen molar-refractivity contribution in [2.75, 3.05) is 64.9 Å². The largest absolute Gasteiger partial charge is 0.493 e. The fraction of sp³-hybridized carbons (Fsp3) is 0.517. The highest BCUT2D eigenvalue weighted by Crippen LogP contribution is 2.38. The summed E-state index contributed by atoms with van der Waals surface area (Å²) in [6.45, 7) is 4.36. The summed E-state index contributed by atoms with van der Waals surface area (Å²) >= 11 is 0. The number of fused-ring (bicyclic) bond motifs is 3. The van der Waals surface area contributed by atoms with Crippen molar-refractivity contribution in [2.24, 2.45) is 5.92 Å². The van der Waals surface area contributed by atoms with Gasteiger partial charge in [0.05, 0.1) is 37.6 Å². The van der Waals surface area contributed by atoms with Gasteiger partial charge in [-0.2, -0.15) is 0 Å². The molecule has 0 spiro atoms. The number of methoxy groups -OCH3 is 2. The van der Waals surface area contributed by atoms with Crippen LogP contribution in [-0.2, 0) is 22.4 Å². The van der Waals surface area contributed by atoms with Crippen LogP contribution in [0.15, 0.2) is 36.4 Å². The van der Waals surface area contributed by atoms with Gasteiger partial charge in [-0.15, -0.1) is 0 Å². The number of nitrogens with one attached hydrogen (secondary N) is 1. The van der Waals surface area contributed by atoms with Crippen LogP contribution in [0.3, 0.4) is 0 Å². The Hall–Kier alpha value is -3.86. The maximum absolute atomic E-state index is 13.6. The monoisotopic (exact) mass is 551 g/mol. The van der Waals surface area contributed by atoms with Crippen LogP contribution < -0.4 is 19.7 Å². The first kappa shape index (κ1) is 27.7. The van der Waals surface area contributed by atoms with Crippen LogP contribution in [0.5, 0.6) is 11.5 Å². The zero-order valence-corrected chi connectivity index (χ0v) is 23.1. The molecule has 0 aliphatic carbocycles. The number of nitrogens with zero attached hydrogens (tertiary/aromatic N) is 4. The molecule has 11 nitrogen and oxygen atoms in total. The van der Waals surface area contributed by atoms with Crippen molar-refractivity contribution < 1.29 is 24.0 Å². The molecular formula is C29H37N5O6. The molecule has 11 heteroatoms. The van der Waals surface area contributed by atoms with E-state index in [2.05, 4.69) is 15.1 Å². The van der Waals surface area contributed by atoms with Crippen molar-refractivity contribution in [3.05, 3.63) is 57.6 Å². The van der Waals surface area contributed by atoms with Gasteiger partial charge < -0.3 is 24.6 Å². The maximum atomic E-state index is 13.6. The average molecular weight is 552 g/mol. The number of piperazine rings is 1. The molecule has 2 atom stereocenters. The number of rotatable bonds is 9. The number of benzene rings is 2. The molecule has 0 aromatic heterocycles. The second-order valence-corrected chi connectivity index (χ2v) is 10.7. The van der Waals surface area contributed by atoms with Gasteiger partial charge in [-0.1, -0.05) is 6.07 Å². The Bertz CT molecular complexity index is 1260. The fourth-order valence-electron chi connectivity index (χ4n) is 6.18. The number of anilines is 1. The Balaban J connectivity index is 1.30. The lowest BCUT2D eigenvalue weighted by Crippen LogP contribution is -2.62. The molecule has 0 unspecified atom stereocenters. The normalized spacial score (nSPS) is 20.4. The highest BCUT2D eigenvalue weighted by molar-refractivity contribution is 5.82. The molecule has 214 valence electrons. The Morgan fingerprint density at radius 2 is 1.80 bits per heavy atom. The number of hydrogen-bond donors (Lipinski definition) is 1. The van der Waals surface area contributed by atoms with E-state index < -0.39 is 10.8 Å². The molecule has 5 rings (SSSR count). The summed E-state index contributed by atoms with van der Waals surface area (Å²) < 4.78 is 10.7. The van der Waals surface area contributed by atoms with Crippen LogP contribution in [0.2, 0.25) is 0 Å². The minimum atomic E-state index is -0.399. The number of nitro groups is 1. The van der Waals surface area contributed by atoms with E-state index in [1.165, 1.54) is 6.07 Å². The number of non-ortho nitro benzene ring substituents is 1. The molecule has 1 N–H and O–H groups in total. The van der Waals surface area contributed by atoms with Crippen molar-refractivity contribution in [3.8, 4) is 11.5 Å². The zero-order chi connectivity index (χ0) is 28.2. The highest BCUT2D eigenvalue weighted by Gasteiger charge is 2.42. The molecule has 2 aromatic rings. The molecule has 2 fully saturated rings. The molecule has 3 aliphatic heterocycles. The molecule has 40 heavy (non-hydrogen) atoms. The van der Waals surface area contributed by atoms with Gasteiger partial charge in [0.1, 0.15) is 0 Å². The van der Waals surface area contributed by atoms with Gasteiger partial charge in [0, 0.05) is 57.1 Å². The van der Waals surface area contributed by atoms with Gasteiger partial charge in [-0.05, 0) is 55.0 Å². The van der Waals surface area contributed by atoms with E-state index in [4.69, 9.17) is 9.47 Å². The Morgan fingerprint density at radius 1 is 1.02 bits per heavy atom. The van der Waals surface area contributed by atoms with Crippen LogP contribution in [-0.4, -0.2) is 92.6 Å². The third kappa shape index (κ3) is 5.84. The van der Waals surface area contributed by atoms with Gasteiger partial charge in [-0.25, -0.2) is 0 Å². The van der Waals surface area contributed by atoms with Gasteiger partial charge >= 0.3 is 0 Å². The van der Waals surface area contributed by atoms with Crippen LogP contribution in [0.1, 0.15) is 24.0 Å². The number of ether oxygens (including phenoxy) is 2. The second-order valence-electron chi connectivity index (χ2n) is 10.7. The summed E-state index contributed by atoms with van der Waals surface area (Å²) in [7, 11) is 3.18. The summed E-state index contributed by atoms with van der Waals surface area (Å²) in [6.07, 6.45) is 3.13. The minimum absolute atomic E-state index is 0.0275. The number of carbonyl (C=O) groups excluding carboxylic acids is 2. The van der Waals surface area contributed by atoms with E-state index in [1.54, 1.807) is 26.4 Å². The minimum Gasteiger partial charge on any atom is -0.493 e. The van der Waals surface area contributed by atoms with Crippen molar-refractivity contribution in [3.63, 3.8) is 0 Å². The summed E-state index contributed by atoms with van der Waals surface area (Å²) in [5, 5.41) is 14.6. The number of nitro benzene ring substituents is 1. The summed E-state index contributed by atoms with van der Waals surface area (Å²) in [6, 6.07) is 10.5. The molecular weight excluding hydrogens is 514 g/mol. The van der Waals surface area contributed by atoms with E-state index in [9.17, 15) is 19.7 Å². The molecule has 0 bridgehead atoms. The van der Waals surface area contributed by atoms with E-state index in [0.29, 0.717) is 57.1 Å². The van der Waals surface area contributed by atoms with Gasteiger partial charge in [0.2, 0.25) is 11.8 Å². The number of likely N-dealkylation sites (tertiary alicyclic amines) is 1. The van der Waals surface area contributed by atoms with Gasteiger partial charge in [-0.3, -0.25) is 24.6 Å². The fourth-order valence-corrected chi connectivity index (χ4v) is 6.18. The predicted molar refractivity (Wildman–Crippen MR) is 150 cm³/mol. The molecule has 2 amide bonds.